The zero-order valence-electron chi connectivity index (χ0n) is 36.0. The molecule has 0 aliphatic heterocycles. The maximum Gasteiger partial charge on any atom is 0.416 e. The van der Waals surface area contributed by atoms with E-state index in [2.05, 4.69) is 15.5 Å². The molecule has 15 nitrogen and oxygen atoms in total. The smallest absolute Gasteiger partial charge is 0.416 e. The number of nitrogens with one attached hydrogen (secondary N) is 1. The molecule has 2 heterocycles. The highest BCUT2D eigenvalue weighted by molar-refractivity contribution is 5.98. The van der Waals surface area contributed by atoms with Gasteiger partial charge < -0.3 is 35.8 Å². The van der Waals surface area contributed by atoms with Crippen LogP contribution in [0.4, 0.5) is 26.3 Å². The fourth-order valence-corrected chi connectivity index (χ4v) is 6.90. The molecule has 2 fully saturated rings. The van der Waals surface area contributed by atoms with E-state index in [-0.39, 0.29) is 51.2 Å². The third kappa shape index (κ3) is 11.4. The first-order valence-electron chi connectivity index (χ1n) is 20.1. The molecule has 352 valence electrons. The summed E-state index contributed by atoms with van der Waals surface area (Å²) in [4.78, 5) is 46.0. The Hall–Kier alpha value is -7.68. The second-order valence-electron chi connectivity index (χ2n) is 15.8. The molecule has 6 aromatic rings. The summed E-state index contributed by atoms with van der Waals surface area (Å²) in [6.07, 6.45) is -5.71. The van der Waals surface area contributed by atoms with Crippen molar-refractivity contribution in [1.82, 2.24) is 24.9 Å². The van der Waals surface area contributed by atoms with Gasteiger partial charge in [-0.2, -0.15) is 36.5 Å². The average Bonchev–Trinajstić information content (AvgIpc) is 4.17. The highest BCUT2D eigenvalue weighted by Gasteiger charge is 2.47. The molecule has 67 heavy (non-hydrogen) atoms. The minimum absolute atomic E-state index is 0.0151. The summed E-state index contributed by atoms with van der Waals surface area (Å²) in [5, 5.41) is 37.9. The van der Waals surface area contributed by atoms with Gasteiger partial charge in [0.05, 0.1) is 39.2 Å². The molecular weight excluding hydrogens is 895 g/mol. The van der Waals surface area contributed by atoms with Gasteiger partial charge in [-0.15, -0.1) is 0 Å². The predicted octanol–water partition coefficient (Wildman–Crippen LogP) is 9.23. The fourth-order valence-electron chi connectivity index (χ4n) is 6.90. The van der Waals surface area contributed by atoms with Gasteiger partial charge in [-0.05, 0) is 111 Å². The van der Waals surface area contributed by atoms with Gasteiger partial charge in [0, 0.05) is 19.6 Å². The largest absolute Gasteiger partial charge is 0.478 e. The van der Waals surface area contributed by atoms with E-state index in [1.165, 1.54) is 66.8 Å². The molecule has 0 unspecified atom stereocenters. The number of ether oxygens (including phenoxy) is 2. The molecular formula is C46H42F6N6O9. The zero-order valence-corrected chi connectivity index (χ0v) is 36.0. The Labute approximate surface area is 377 Å². The van der Waals surface area contributed by atoms with Crippen LogP contribution in [-0.4, -0.2) is 58.7 Å². The lowest BCUT2D eigenvalue weighted by Gasteiger charge is -2.19. The number of aromatic carboxylic acids is 3. The molecule has 6 N–H and O–H groups in total. The van der Waals surface area contributed by atoms with Crippen LogP contribution in [0.25, 0.3) is 0 Å². The summed E-state index contributed by atoms with van der Waals surface area (Å²) < 4.78 is 90.5. The van der Waals surface area contributed by atoms with E-state index in [0.717, 1.165) is 48.2 Å². The standard InChI is InChI=1S/C23H20F3N3O4.C13H11F3N2O3.C10H11NO2/c1-13-18(19(30)27-22(10-11-22)15-8-6-14(7-9-15)21(31)32)20(29(2)28-13)33-17-5-3-4-16(12-17)23(24,25)26;1-7-10(12(19)20)11(18(2)17-7)21-9-5-3-4-8(6-9)13(14,15)16;11-10(5-6-10)8-3-1-7(2-4-8)9(12)13/h3-9,12H,10-11H2,1-2H3,(H,27,30)(H,31,32);3-6H,1-2H3,(H,19,20);1-4H,5-6,11H2,(H,12,13). The molecule has 2 aliphatic rings. The van der Waals surface area contributed by atoms with E-state index >= 15 is 0 Å². The Morgan fingerprint density at radius 2 is 1.01 bits per heavy atom. The van der Waals surface area contributed by atoms with Gasteiger partial charge in [-0.3, -0.25) is 4.79 Å². The number of hydrogen-bond donors (Lipinski definition) is 5. The quantitative estimate of drug-likeness (QED) is 0.0768. The number of aromatic nitrogens is 4. The summed E-state index contributed by atoms with van der Waals surface area (Å²) in [7, 11) is 2.98. The van der Waals surface area contributed by atoms with E-state index in [1.54, 1.807) is 43.3 Å². The molecule has 2 aromatic heterocycles. The van der Waals surface area contributed by atoms with Crippen LogP contribution in [0.2, 0.25) is 0 Å². The molecule has 4 aromatic carbocycles. The summed E-state index contributed by atoms with van der Waals surface area (Å²) in [5.74, 6) is -3.99. The first kappa shape index (κ1) is 48.8. The molecule has 0 radical (unpaired) electrons. The molecule has 0 saturated heterocycles. The van der Waals surface area contributed by atoms with Crippen LogP contribution in [0.1, 0.15) is 101 Å². The van der Waals surface area contributed by atoms with Gasteiger partial charge >= 0.3 is 30.3 Å². The van der Waals surface area contributed by atoms with Crippen molar-refractivity contribution in [2.24, 2.45) is 19.8 Å². The van der Waals surface area contributed by atoms with E-state index in [9.17, 15) is 45.5 Å². The maximum absolute atomic E-state index is 13.2. The van der Waals surface area contributed by atoms with E-state index < -0.39 is 52.8 Å². The van der Waals surface area contributed by atoms with Crippen LogP contribution in [-0.2, 0) is 37.5 Å². The first-order chi connectivity index (χ1) is 31.3. The second-order valence-corrected chi connectivity index (χ2v) is 15.8. The molecule has 1 amide bonds. The van der Waals surface area contributed by atoms with Crippen molar-refractivity contribution in [3.05, 3.63) is 153 Å². The van der Waals surface area contributed by atoms with Gasteiger partial charge in [0.2, 0.25) is 11.8 Å². The van der Waals surface area contributed by atoms with Crippen LogP contribution >= 0.6 is 0 Å². The molecule has 2 aliphatic carbocycles. The minimum atomic E-state index is -4.53. The topological polar surface area (TPSA) is 221 Å². The lowest BCUT2D eigenvalue weighted by molar-refractivity contribution is -0.138. The van der Waals surface area contributed by atoms with Crippen molar-refractivity contribution in [3.63, 3.8) is 0 Å². The number of carboxylic acids is 3. The van der Waals surface area contributed by atoms with Gasteiger partial charge in [0.1, 0.15) is 22.6 Å². The number of carboxylic acid groups (broad SMARTS) is 3. The van der Waals surface area contributed by atoms with E-state index in [4.69, 9.17) is 30.5 Å². The Morgan fingerprint density at radius 1 is 0.612 bits per heavy atom. The Bertz CT molecular complexity index is 2830. The Morgan fingerprint density at radius 3 is 1.39 bits per heavy atom. The van der Waals surface area contributed by atoms with Gasteiger partial charge in [0.15, 0.2) is 0 Å². The number of carbonyl (C=O) groups is 4. The summed E-state index contributed by atoms with van der Waals surface area (Å²) in [5.41, 5.74) is 6.14. The number of nitrogens with zero attached hydrogens (tertiary/aromatic N) is 4. The number of amides is 1. The molecule has 2 saturated carbocycles. The molecule has 0 bridgehead atoms. The van der Waals surface area contributed by atoms with Crippen LogP contribution in [0, 0.1) is 13.8 Å². The zero-order chi connectivity index (χ0) is 49.2. The average molecular weight is 937 g/mol. The third-order valence-electron chi connectivity index (χ3n) is 10.8. The summed E-state index contributed by atoms with van der Waals surface area (Å²) >= 11 is 0. The van der Waals surface area contributed by atoms with Crippen molar-refractivity contribution >= 4 is 23.8 Å². The molecule has 0 atom stereocenters. The molecule has 8 rings (SSSR count). The van der Waals surface area contributed by atoms with E-state index in [1.807, 2.05) is 0 Å². The van der Waals surface area contributed by atoms with Crippen LogP contribution in [0.15, 0.2) is 97.1 Å². The van der Waals surface area contributed by atoms with Crippen LogP contribution in [0.5, 0.6) is 23.3 Å². The lowest BCUT2D eigenvalue weighted by Crippen LogP contribution is -2.35. The number of alkyl halides is 6. The third-order valence-corrected chi connectivity index (χ3v) is 10.8. The number of halogens is 6. The van der Waals surface area contributed by atoms with Crippen molar-refractivity contribution in [2.45, 2.75) is 63.0 Å². The monoisotopic (exact) mass is 936 g/mol. The van der Waals surface area contributed by atoms with Crippen LogP contribution < -0.4 is 20.5 Å². The minimum Gasteiger partial charge on any atom is -0.478 e. The Balaban J connectivity index is 0.000000185. The van der Waals surface area contributed by atoms with Crippen LogP contribution in [0.3, 0.4) is 0 Å². The number of benzene rings is 4. The molecule has 0 spiro atoms. The highest BCUT2D eigenvalue weighted by Crippen LogP contribution is 2.46. The Kier molecular flexibility index (Phi) is 13.6. The summed E-state index contributed by atoms with van der Waals surface area (Å²) in [6, 6.07) is 21.6. The van der Waals surface area contributed by atoms with Crippen molar-refractivity contribution in [2.75, 3.05) is 0 Å². The van der Waals surface area contributed by atoms with Crippen molar-refractivity contribution < 1.29 is 70.3 Å². The highest BCUT2D eigenvalue weighted by atomic mass is 19.4. The van der Waals surface area contributed by atoms with E-state index in [0.29, 0.717) is 24.1 Å². The van der Waals surface area contributed by atoms with Gasteiger partial charge in [-0.1, -0.05) is 36.4 Å². The first-order valence-corrected chi connectivity index (χ1v) is 20.1. The SMILES string of the molecule is Cc1nn(C)c(Oc2cccc(C(F)(F)F)c2)c1C(=O)NC1(c2ccc(C(=O)O)cc2)CC1.Cc1nn(C)c(Oc2cccc(C(F)(F)F)c2)c1C(=O)O.NC1(c2ccc(C(=O)O)cc2)CC1. The number of hydrogen-bond acceptors (Lipinski definition) is 9. The van der Waals surface area contributed by atoms with Gasteiger partial charge in [0.25, 0.3) is 5.91 Å². The van der Waals surface area contributed by atoms with Crippen molar-refractivity contribution in [1.29, 1.82) is 0 Å². The predicted molar refractivity (Wildman–Crippen MR) is 226 cm³/mol. The molecule has 21 heteroatoms. The number of rotatable bonds is 11. The summed E-state index contributed by atoms with van der Waals surface area (Å²) in [6.45, 7) is 3.08. The second kappa shape index (κ2) is 18.7. The fraction of sp³-hybridized carbons (Fsp3) is 0.261. The normalized spacial score (nSPS) is 14.3. The van der Waals surface area contributed by atoms with Crippen molar-refractivity contribution in [3.8, 4) is 23.3 Å². The number of nitrogens with two attached hydrogens (primary N) is 1. The lowest BCUT2D eigenvalue weighted by atomic mass is 10.0. The number of carbonyl (C=O) groups excluding carboxylic acids is 1. The number of aryl methyl sites for hydroxylation is 4. The maximum atomic E-state index is 13.2. The van der Waals surface area contributed by atoms with Gasteiger partial charge in [-0.25, -0.2) is 23.7 Å².